The van der Waals surface area contributed by atoms with Gasteiger partial charge in [0.05, 0.1) is 0 Å². The summed E-state index contributed by atoms with van der Waals surface area (Å²) in [7, 11) is 2.28. The van der Waals surface area contributed by atoms with E-state index in [0.717, 1.165) is 43.7 Å². The summed E-state index contributed by atoms with van der Waals surface area (Å²) in [5, 5.41) is 3.41. The van der Waals surface area contributed by atoms with Crippen molar-refractivity contribution in [3.05, 3.63) is 11.9 Å². The van der Waals surface area contributed by atoms with Crippen LogP contribution in [0.15, 0.2) is 6.33 Å². The molecule has 2 bridgehead atoms. The molecular formula is C16H27N5. The molecule has 0 saturated carbocycles. The second-order valence-corrected chi connectivity index (χ2v) is 6.38. The van der Waals surface area contributed by atoms with Crippen molar-refractivity contribution in [1.29, 1.82) is 0 Å². The third kappa shape index (κ3) is 2.84. The van der Waals surface area contributed by atoms with Gasteiger partial charge in [-0.2, -0.15) is 0 Å². The number of anilines is 2. The summed E-state index contributed by atoms with van der Waals surface area (Å²) in [6.07, 6.45) is 6.74. The maximum atomic E-state index is 4.58. The van der Waals surface area contributed by atoms with E-state index in [2.05, 4.69) is 46.0 Å². The molecule has 3 heterocycles. The van der Waals surface area contributed by atoms with Gasteiger partial charge in [0, 0.05) is 37.3 Å². The first-order valence-corrected chi connectivity index (χ1v) is 8.23. The van der Waals surface area contributed by atoms with E-state index in [0.29, 0.717) is 6.04 Å². The number of aromatic nitrogens is 2. The highest BCUT2D eigenvalue weighted by Gasteiger charge is 2.35. The van der Waals surface area contributed by atoms with Crippen molar-refractivity contribution in [3.63, 3.8) is 0 Å². The van der Waals surface area contributed by atoms with Crippen LogP contribution in [-0.2, 0) is 0 Å². The average molecular weight is 289 g/mol. The van der Waals surface area contributed by atoms with Crippen LogP contribution in [0.3, 0.4) is 0 Å². The second-order valence-electron chi connectivity index (χ2n) is 6.38. The molecule has 116 valence electrons. The Labute approximate surface area is 127 Å². The smallest absolute Gasteiger partial charge is 0.137 e. The van der Waals surface area contributed by atoms with Crippen LogP contribution in [0, 0.1) is 6.92 Å². The monoisotopic (exact) mass is 289 g/mol. The maximum absolute atomic E-state index is 4.58. The van der Waals surface area contributed by atoms with E-state index < -0.39 is 0 Å². The molecule has 1 aromatic rings. The first-order chi connectivity index (χ1) is 10.2. The number of hydrogen-bond donors (Lipinski definition) is 1. The number of likely N-dealkylation sites (N-methyl/N-ethyl adjacent to an activating group) is 1. The molecule has 3 rings (SSSR count). The van der Waals surface area contributed by atoms with Crippen molar-refractivity contribution in [2.45, 2.75) is 51.6 Å². The Bertz CT molecular complexity index is 490. The number of rotatable bonds is 4. The minimum atomic E-state index is 0.680. The van der Waals surface area contributed by atoms with Gasteiger partial charge in [-0.15, -0.1) is 0 Å². The summed E-state index contributed by atoms with van der Waals surface area (Å²) >= 11 is 0. The lowest BCUT2D eigenvalue weighted by Crippen LogP contribution is -2.37. The van der Waals surface area contributed by atoms with E-state index in [4.69, 9.17) is 0 Å². The Kier molecular flexibility index (Phi) is 4.29. The number of hydrogen-bond acceptors (Lipinski definition) is 5. The topological polar surface area (TPSA) is 44.3 Å². The van der Waals surface area contributed by atoms with Crippen molar-refractivity contribution in [2.24, 2.45) is 0 Å². The minimum Gasteiger partial charge on any atom is -0.370 e. The molecule has 2 fully saturated rings. The van der Waals surface area contributed by atoms with E-state index in [1.54, 1.807) is 6.33 Å². The van der Waals surface area contributed by atoms with Gasteiger partial charge in [0.15, 0.2) is 0 Å². The van der Waals surface area contributed by atoms with E-state index in [1.807, 2.05) is 0 Å². The van der Waals surface area contributed by atoms with Crippen LogP contribution in [-0.4, -0.2) is 53.6 Å². The zero-order valence-corrected chi connectivity index (χ0v) is 13.5. The van der Waals surface area contributed by atoms with Gasteiger partial charge in [-0.1, -0.05) is 6.92 Å². The summed E-state index contributed by atoms with van der Waals surface area (Å²) < 4.78 is 0. The molecule has 2 aliphatic rings. The molecule has 2 atom stereocenters. The van der Waals surface area contributed by atoms with Crippen LogP contribution in [0.4, 0.5) is 11.6 Å². The predicted molar refractivity (Wildman–Crippen MR) is 87.0 cm³/mol. The van der Waals surface area contributed by atoms with Gasteiger partial charge in [0.1, 0.15) is 18.0 Å². The molecule has 2 aliphatic heterocycles. The van der Waals surface area contributed by atoms with Crippen molar-refractivity contribution >= 4 is 11.6 Å². The Morgan fingerprint density at radius 3 is 2.86 bits per heavy atom. The SMILES string of the molecule is CCCNc1ncnc(N2CCC3CCC(C2)N3C)c1C. The number of fused-ring (bicyclic) bond motifs is 2. The fourth-order valence-electron chi connectivity index (χ4n) is 3.68. The molecule has 5 nitrogen and oxygen atoms in total. The Hall–Kier alpha value is -1.36. The minimum absolute atomic E-state index is 0.680. The molecule has 1 aromatic heterocycles. The van der Waals surface area contributed by atoms with Crippen LogP contribution >= 0.6 is 0 Å². The van der Waals surface area contributed by atoms with Gasteiger partial charge < -0.3 is 10.2 Å². The van der Waals surface area contributed by atoms with Crippen LogP contribution in [0.5, 0.6) is 0 Å². The van der Waals surface area contributed by atoms with Crippen molar-refractivity contribution in [1.82, 2.24) is 14.9 Å². The molecule has 5 heteroatoms. The normalized spacial score (nSPS) is 26.0. The lowest BCUT2D eigenvalue weighted by Gasteiger charge is -2.28. The van der Waals surface area contributed by atoms with Crippen molar-refractivity contribution in [3.8, 4) is 0 Å². The number of nitrogens with zero attached hydrogens (tertiary/aromatic N) is 4. The average Bonchev–Trinajstić information content (AvgIpc) is 2.72. The zero-order chi connectivity index (χ0) is 14.8. The van der Waals surface area contributed by atoms with Crippen molar-refractivity contribution < 1.29 is 0 Å². The third-order valence-electron chi connectivity index (χ3n) is 5.05. The van der Waals surface area contributed by atoms with E-state index in [9.17, 15) is 0 Å². The lowest BCUT2D eigenvalue weighted by atomic mass is 10.1. The highest BCUT2D eigenvalue weighted by Crippen LogP contribution is 2.31. The second kappa shape index (κ2) is 6.18. The van der Waals surface area contributed by atoms with Gasteiger partial charge >= 0.3 is 0 Å². The third-order valence-corrected chi connectivity index (χ3v) is 5.05. The molecule has 1 N–H and O–H groups in total. The fourth-order valence-corrected chi connectivity index (χ4v) is 3.68. The van der Waals surface area contributed by atoms with Crippen LogP contribution in [0.2, 0.25) is 0 Å². The summed E-state index contributed by atoms with van der Waals surface area (Å²) in [4.78, 5) is 14.0. The molecule has 0 aromatic carbocycles. The molecule has 0 aliphatic carbocycles. The molecule has 0 radical (unpaired) electrons. The Morgan fingerprint density at radius 2 is 2.05 bits per heavy atom. The van der Waals surface area contributed by atoms with Gasteiger partial charge in [-0.05, 0) is 39.7 Å². The Morgan fingerprint density at radius 1 is 1.24 bits per heavy atom. The summed E-state index contributed by atoms with van der Waals surface area (Å²) in [5.74, 6) is 2.11. The van der Waals surface area contributed by atoms with Crippen LogP contribution < -0.4 is 10.2 Å². The lowest BCUT2D eigenvalue weighted by molar-refractivity contribution is 0.254. The predicted octanol–water partition coefficient (Wildman–Crippen LogP) is 2.28. The van der Waals surface area contributed by atoms with Crippen LogP contribution in [0.1, 0.15) is 38.2 Å². The highest BCUT2D eigenvalue weighted by atomic mass is 15.3. The molecule has 2 unspecified atom stereocenters. The molecule has 0 spiro atoms. The van der Waals surface area contributed by atoms with E-state index >= 15 is 0 Å². The number of nitrogens with one attached hydrogen (secondary N) is 1. The first kappa shape index (κ1) is 14.6. The van der Waals surface area contributed by atoms with E-state index in [-0.39, 0.29) is 0 Å². The van der Waals surface area contributed by atoms with E-state index in [1.165, 1.54) is 24.8 Å². The fraction of sp³-hybridized carbons (Fsp3) is 0.750. The molecule has 21 heavy (non-hydrogen) atoms. The Balaban J connectivity index is 1.80. The summed E-state index contributed by atoms with van der Waals surface area (Å²) in [6, 6.07) is 1.44. The highest BCUT2D eigenvalue weighted by molar-refractivity contribution is 5.58. The van der Waals surface area contributed by atoms with Crippen molar-refractivity contribution in [2.75, 3.05) is 36.9 Å². The van der Waals surface area contributed by atoms with Gasteiger partial charge in [0.25, 0.3) is 0 Å². The van der Waals surface area contributed by atoms with Gasteiger partial charge in [-0.3, -0.25) is 4.90 Å². The summed E-state index contributed by atoms with van der Waals surface area (Å²) in [5.41, 5.74) is 1.19. The quantitative estimate of drug-likeness (QED) is 0.921. The maximum Gasteiger partial charge on any atom is 0.137 e. The van der Waals surface area contributed by atoms with Crippen LogP contribution in [0.25, 0.3) is 0 Å². The van der Waals surface area contributed by atoms with Gasteiger partial charge in [-0.25, -0.2) is 9.97 Å². The molecule has 0 amide bonds. The first-order valence-electron chi connectivity index (χ1n) is 8.23. The van der Waals surface area contributed by atoms with Gasteiger partial charge in [0.2, 0.25) is 0 Å². The standard InChI is InChI=1S/C16H27N5/c1-4-8-17-15-12(2)16(19-11-18-15)21-9-7-13-5-6-14(10-21)20(13)3/h11,13-14H,4-10H2,1-3H3,(H,17,18,19). The largest absolute Gasteiger partial charge is 0.370 e. The summed E-state index contributed by atoms with van der Waals surface area (Å²) in [6.45, 7) is 7.48. The molecular weight excluding hydrogens is 262 g/mol. The molecule has 2 saturated heterocycles. The zero-order valence-electron chi connectivity index (χ0n) is 13.5.